The van der Waals surface area contributed by atoms with Gasteiger partial charge in [-0.1, -0.05) is 16.5 Å². The molecule has 1 amide bonds. The Balaban J connectivity index is 1.56. The molecular formula is C13H15N5O2S. The molecule has 0 N–H and O–H groups in total. The van der Waals surface area contributed by atoms with Gasteiger partial charge in [0.15, 0.2) is 0 Å². The predicted octanol–water partition coefficient (Wildman–Crippen LogP) is 1.33. The lowest BCUT2D eigenvalue weighted by atomic mass is 10.1. The smallest absolute Gasteiger partial charge is 0.259 e. The van der Waals surface area contributed by atoms with E-state index in [2.05, 4.69) is 20.3 Å². The molecule has 7 nitrogen and oxygen atoms in total. The summed E-state index contributed by atoms with van der Waals surface area (Å²) < 4.78 is 5.01. The van der Waals surface area contributed by atoms with Crippen LogP contribution in [0.25, 0.3) is 0 Å². The molecule has 0 aromatic carbocycles. The Labute approximate surface area is 125 Å². The quantitative estimate of drug-likeness (QED) is 0.833. The Kier molecular flexibility index (Phi) is 2.91. The Hall–Kier alpha value is -1.96. The highest BCUT2D eigenvalue weighted by Crippen LogP contribution is 2.36. The Morgan fingerprint density at radius 1 is 1.38 bits per heavy atom. The third-order valence-corrected chi connectivity index (χ3v) is 5.14. The summed E-state index contributed by atoms with van der Waals surface area (Å²) in [4.78, 5) is 16.9. The van der Waals surface area contributed by atoms with Crippen molar-refractivity contribution in [3.05, 3.63) is 23.0 Å². The number of hydrogen-bond acceptors (Lipinski definition) is 7. The number of aromatic nitrogens is 3. The van der Waals surface area contributed by atoms with Crippen LogP contribution >= 0.6 is 11.3 Å². The van der Waals surface area contributed by atoms with Crippen molar-refractivity contribution < 1.29 is 9.32 Å². The molecule has 0 unspecified atom stereocenters. The second-order valence-corrected chi connectivity index (χ2v) is 6.23. The molecule has 2 aromatic rings. The van der Waals surface area contributed by atoms with Gasteiger partial charge < -0.3 is 14.3 Å². The van der Waals surface area contributed by atoms with E-state index in [4.69, 9.17) is 4.52 Å². The summed E-state index contributed by atoms with van der Waals surface area (Å²) >= 11 is 1.55. The van der Waals surface area contributed by atoms with Gasteiger partial charge in [-0.25, -0.2) is 0 Å². The number of anilines is 1. The maximum Gasteiger partial charge on any atom is 0.259 e. The highest BCUT2D eigenvalue weighted by Gasteiger charge is 2.45. The van der Waals surface area contributed by atoms with Gasteiger partial charge in [0.05, 0.1) is 18.3 Å². The molecular weight excluding hydrogens is 290 g/mol. The van der Waals surface area contributed by atoms with Crippen molar-refractivity contribution in [3.8, 4) is 0 Å². The molecule has 2 fully saturated rings. The molecule has 4 rings (SSSR count). The van der Waals surface area contributed by atoms with Crippen LogP contribution in [0.3, 0.4) is 0 Å². The van der Waals surface area contributed by atoms with Crippen LogP contribution in [0, 0.1) is 6.92 Å². The average molecular weight is 305 g/mol. The zero-order chi connectivity index (χ0) is 14.4. The van der Waals surface area contributed by atoms with Gasteiger partial charge in [-0.3, -0.25) is 4.79 Å². The van der Waals surface area contributed by atoms with E-state index in [9.17, 15) is 4.79 Å². The second kappa shape index (κ2) is 4.80. The van der Waals surface area contributed by atoms with Crippen LogP contribution in [0.4, 0.5) is 5.13 Å². The van der Waals surface area contributed by atoms with Crippen LogP contribution in [-0.2, 0) is 0 Å². The Morgan fingerprint density at radius 2 is 2.24 bits per heavy atom. The van der Waals surface area contributed by atoms with Crippen LogP contribution in [0.2, 0.25) is 0 Å². The van der Waals surface area contributed by atoms with Gasteiger partial charge in [0, 0.05) is 13.1 Å². The zero-order valence-electron chi connectivity index (χ0n) is 11.6. The van der Waals surface area contributed by atoms with Gasteiger partial charge in [-0.2, -0.15) is 0 Å². The van der Waals surface area contributed by atoms with Crippen LogP contribution < -0.4 is 4.90 Å². The number of carbonyl (C=O) groups excluding carboxylic acids is 1. The van der Waals surface area contributed by atoms with Crippen molar-refractivity contribution in [3.63, 3.8) is 0 Å². The average Bonchev–Trinajstić information content (AvgIpc) is 3.22. The molecule has 4 heterocycles. The molecule has 8 heteroatoms. The lowest BCUT2D eigenvalue weighted by Gasteiger charge is -2.24. The first kappa shape index (κ1) is 12.8. The largest absolute Gasteiger partial charge is 0.361 e. The number of hydrogen-bond donors (Lipinski definition) is 0. The molecule has 2 atom stereocenters. The SMILES string of the molecule is Cc1oncc1C(=O)N1CC[C@H]2[C@@H]1CCN2c1nncs1. The van der Waals surface area contributed by atoms with Crippen molar-refractivity contribution >= 4 is 22.4 Å². The van der Waals surface area contributed by atoms with Crippen molar-refractivity contribution in [1.29, 1.82) is 0 Å². The number of rotatable bonds is 2. The number of likely N-dealkylation sites (tertiary alicyclic amines) is 1. The van der Waals surface area contributed by atoms with E-state index >= 15 is 0 Å². The summed E-state index contributed by atoms with van der Waals surface area (Å²) in [5, 5.41) is 12.7. The summed E-state index contributed by atoms with van der Waals surface area (Å²) in [5.74, 6) is 0.614. The summed E-state index contributed by atoms with van der Waals surface area (Å²) in [6.07, 6.45) is 3.46. The number of amides is 1. The van der Waals surface area contributed by atoms with E-state index in [-0.39, 0.29) is 11.9 Å². The predicted molar refractivity (Wildman–Crippen MR) is 76.3 cm³/mol. The first-order valence-corrected chi connectivity index (χ1v) is 7.88. The number of fused-ring (bicyclic) bond motifs is 1. The number of nitrogens with zero attached hydrogens (tertiary/aromatic N) is 5. The maximum atomic E-state index is 12.6. The highest BCUT2D eigenvalue weighted by atomic mass is 32.1. The topological polar surface area (TPSA) is 75.4 Å². The van der Waals surface area contributed by atoms with Crippen molar-refractivity contribution in [1.82, 2.24) is 20.3 Å². The zero-order valence-corrected chi connectivity index (χ0v) is 12.4. The molecule has 0 aliphatic carbocycles. The molecule has 0 radical (unpaired) electrons. The van der Waals surface area contributed by atoms with Gasteiger partial charge in [0.25, 0.3) is 5.91 Å². The number of aryl methyl sites for hydroxylation is 1. The van der Waals surface area contributed by atoms with Crippen molar-refractivity contribution in [2.24, 2.45) is 0 Å². The third kappa shape index (κ3) is 1.93. The van der Waals surface area contributed by atoms with E-state index in [1.165, 1.54) is 6.20 Å². The van der Waals surface area contributed by atoms with E-state index in [0.29, 0.717) is 17.4 Å². The van der Waals surface area contributed by atoms with Crippen LogP contribution in [-0.4, -0.2) is 51.3 Å². The molecule has 21 heavy (non-hydrogen) atoms. The molecule has 0 bridgehead atoms. The van der Waals surface area contributed by atoms with Crippen LogP contribution in [0.1, 0.15) is 29.0 Å². The minimum absolute atomic E-state index is 0.0281. The van der Waals surface area contributed by atoms with Gasteiger partial charge in [-0.05, 0) is 19.8 Å². The van der Waals surface area contributed by atoms with E-state index in [1.807, 2.05) is 4.90 Å². The highest BCUT2D eigenvalue weighted by molar-refractivity contribution is 7.13. The molecule has 2 aliphatic heterocycles. The lowest BCUT2D eigenvalue weighted by Crippen LogP contribution is -2.39. The first-order chi connectivity index (χ1) is 10.3. The molecule has 0 saturated carbocycles. The first-order valence-electron chi connectivity index (χ1n) is 7.01. The fourth-order valence-electron chi connectivity index (χ4n) is 3.43. The summed E-state index contributed by atoms with van der Waals surface area (Å²) in [7, 11) is 0. The minimum Gasteiger partial charge on any atom is -0.361 e. The fraction of sp³-hybridized carbons (Fsp3) is 0.538. The fourth-order valence-corrected chi connectivity index (χ4v) is 4.07. The van der Waals surface area contributed by atoms with Gasteiger partial charge in [-0.15, -0.1) is 10.2 Å². The number of carbonyl (C=O) groups is 1. The van der Waals surface area contributed by atoms with E-state index in [1.54, 1.807) is 23.8 Å². The molecule has 110 valence electrons. The van der Waals surface area contributed by atoms with Crippen molar-refractivity contribution in [2.75, 3.05) is 18.0 Å². The van der Waals surface area contributed by atoms with E-state index in [0.717, 1.165) is 31.1 Å². The minimum atomic E-state index is 0.0281. The Morgan fingerprint density at radius 3 is 2.95 bits per heavy atom. The summed E-state index contributed by atoms with van der Waals surface area (Å²) in [6.45, 7) is 3.47. The normalized spacial score (nSPS) is 24.6. The maximum absolute atomic E-state index is 12.6. The molecule has 2 saturated heterocycles. The van der Waals surface area contributed by atoms with Gasteiger partial charge in [0.2, 0.25) is 5.13 Å². The third-order valence-electron chi connectivity index (χ3n) is 4.41. The Bertz CT molecular complexity index is 655. The molecule has 2 aliphatic rings. The summed E-state index contributed by atoms with van der Waals surface area (Å²) in [6, 6.07) is 0.595. The summed E-state index contributed by atoms with van der Waals surface area (Å²) in [5.41, 5.74) is 2.33. The van der Waals surface area contributed by atoms with E-state index < -0.39 is 0 Å². The van der Waals surface area contributed by atoms with Crippen LogP contribution in [0.5, 0.6) is 0 Å². The monoisotopic (exact) mass is 305 g/mol. The van der Waals surface area contributed by atoms with Crippen LogP contribution in [0.15, 0.2) is 16.2 Å². The molecule has 2 aromatic heterocycles. The second-order valence-electron chi connectivity index (χ2n) is 5.42. The standard InChI is InChI=1S/C13H15N5O2S/c1-8-9(6-15-20-8)12(19)17-4-2-11-10(17)3-5-18(11)13-16-14-7-21-13/h6-7,10-11H,2-5H2,1H3/t10-,11-/m0/s1. The molecule has 0 spiro atoms. The van der Waals surface area contributed by atoms with Crippen molar-refractivity contribution in [2.45, 2.75) is 31.8 Å². The van der Waals surface area contributed by atoms with Gasteiger partial charge in [0.1, 0.15) is 16.8 Å². The van der Waals surface area contributed by atoms with Gasteiger partial charge >= 0.3 is 0 Å². The lowest BCUT2D eigenvalue weighted by molar-refractivity contribution is 0.0736.